The van der Waals surface area contributed by atoms with Gasteiger partial charge in [0.25, 0.3) is 11.8 Å². The van der Waals surface area contributed by atoms with E-state index in [2.05, 4.69) is 39.6 Å². The Balaban J connectivity index is 1.13. The number of carbonyl (C=O) groups is 3. The maximum atomic E-state index is 13.6. The Hall–Kier alpha value is -6.20. The topological polar surface area (TPSA) is 120 Å². The van der Waals surface area contributed by atoms with Crippen LogP contribution in [0.3, 0.4) is 0 Å². The summed E-state index contributed by atoms with van der Waals surface area (Å²) in [6.45, 7) is 2.98. The number of nitrogens with one attached hydrogen (secondary N) is 3. The molecule has 10 nitrogen and oxygen atoms in total. The highest BCUT2D eigenvalue weighted by atomic mass is 32.2. The molecule has 0 saturated heterocycles. The molecule has 0 radical (unpaired) electrons. The molecule has 6 aromatic rings. The first-order valence-corrected chi connectivity index (χ1v) is 17.5. The zero-order chi connectivity index (χ0) is 36.6. The summed E-state index contributed by atoms with van der Waals surface area (Å²) in [5, 5.41) is 10.9. The van der Waals surface area contributed by atoms with Crippen molar-refractivity contribution < 1.29 is 28.6 Å². The molecule has 5 aromatic carbocycles. The van der Waals surface area contributed by atoms with Gasteiger partial charge in [0.05, 0.1) is 27.1 Å². The minimum Gasteiger partial charge on any atom is -0.493 e. The molecule has 0 spiro atoms. The number of benzene rings is 5. The summed E-state index contributed by atoms with van der Waals surface area (Å²) in [7, 11) is 4.50. The van der Waals surface area contributed by atoms with E-state index in [9.17, 15) is 14.4 Å². The number of methoxy groups -OCH3 is 3. The third kappa shape index (κ3) is 7.90. The molecule has 6 rings (SSSR count). The highest BCUT2D eigenvalue weighted by molar-refractivity contribution is 8.00. The molecule has 1 aromatic heterocycles. The van der Waals surface area contributed by atoms with E-state index in [0.717, 1.165) is 33.4 Å². The first-order valence-electron chi connectivity index (χ1n) is 16.5. The second-order valence-electron chi connectivity index (χ2n) is 11.6. The molecular weight excluding hydrogens is 677 g/mol. The van der Waals surface area contributed by atoms with E-state index >= 15 is 0 Å². The average molecular weight is 715 g/mol. The first kappa shape index (κ1) is 35.6. The van der Waals surface area contributed by atoms with Gasteiger partial charge >= 0.3 is 0 Å². The fourth-order valence-corrected chi connectivity index (χ4v) is 6.64. The Morgan fingerprint density at radius 2 is 1.37 bits per heavy atom. The van der Waals surface area contributed by atoms with Crippen molar-refractivity contribution in [1.29, 1.82) is 0 Å². The van der Waals surface area contributed by atoms with E-state index in [0.29, 0.717) is 34.1 Å². The number of ether oxygens (including phenoxy) is 3. The molecule has 52 heavy (non-hydrogen) atoms. The quantitative estimate of drug-likeness (QED) is 0.0820. The van der Waals surface area contributed by atoms with Crippen LogP contribution in [0.25, 0.3) is 27.9 Å². The molecule has 0 bridgehead atoms. The van der Waals surface area contributed by atoms with E-state index in [4.69, 9.17) is 14.2 Å². The van der Waals surface area contributed by atoms with Crippen molar-refractivity contribution in [3.05, 3.63) is 126 Å². The largest absolute Gasteiger partial charge is 0.493 e. The third-order valence-electron chi connectivity index (χ3n) is 8.38. The number of hydrogen-bond donors (Lipinski definition) is 3. The van der Waals surface area contributed by atoms with Crippen LogP contribution in [0.15, 0.2) is 120 Å². The fourth-order valence-electron chi connectivity index (χ4n) is 5.94. The van der Waals surface area contributed by atoms with Gasteiger partial charge in [0.1, 0.15) is 5.70 Å². The number of aromatic nitrogens is 1. The number of carbonyl (C=O) groups excluding carboxylic acids is 3. The van der Waals surface area contributed by atoms with E-state index in [1.54, 1.807) is 54.6 Å². The molecule has 0 saturated carbocycles. The summed E-state index contributed by atoms with van der Waals surface area (Å²) in [6, 6.07) is 33.4. The Morgan fingerprint density at radius 1 is 0.712 bits per heavy atom. The predicted octanol–water partition coefficient (Wildman–Crippen LogP) is 7.98. The fraction of sp³-hybridized carbons (Fsp3) is 0.146. The van der Waals surface area contributed by atoms with E-state index in [1.165, 1.54) is 44.7 Å². The molecule has 0 unspecified atom stereocenters. The number of amides is 3. The normalized spacial score (nSPS) is 11.3. The Labute approximate surface area is 305 Å². The van der Waals surface area contributed by atoms with Gasteiger partial charge in [-0.05, 0) is 91.4 Å². The van der Waals surface area contributed by atoms with Crippen LogP contribution in [0, 0.1) is 0 Å². The lowest BCUT2D eigenvalue weighted by molar-refractivity contribution is -0.114. The molecule has 0 aliphatic rings. The van der Waals surface area contributed by atoms with Crippen LogP contribution in [-0.2, 0) is 16.1 Å². The number of rotatable bonds is 13. The van der Waals surface area contributed by atoms with Gasteiger partial charge in [0.15, 0.2) is 11.5 Å². The summed E-state index contributed by atoms with van der Waals surface area (Å²) in [4.78, 5) is 40.5. The molecule has 0 atom stereocenters. The van der Waals surface area contributed by atoms with E-state index in [1.807, 2.05) is 42.5 Å². The van der Waals surface area contributed by atoms with Gasteiger partial charge in [0.2, 0.25) is 11.7 Å². The summed E-state index contributed by atoms with van der Waals surface area (Å²) >= 11 is 1.38. The van der Waals surface area contributed by atoms with Gasteiger partial charge in [0, 0.05) is 50.2 Å². The van der Waals surface area contributed by atoms with E-state index in [-0.39, 0.29) is 17.4 Å². The van der Waals surface area contributed by atoms with Crippen LogP contribution in [0.5, 0.6) is 17.2 Å². The SMILES string of the molecule is CCn1c2ccccc2c2cc(NC(=O)CSc3ccc(NC(=O)/C(=C/c4cc(OC)c(OC)c(OC)c4)NC(=O)c4ccccc4)cc3)ccc21. The second-order valence-corrected chi connectivity index (χ2v) is 12.7. The molecule has 0 aliphatic heterocycles. The van der Waals surface area contributed by atoms with Crippen LogP contribution in [0.4, 0.5) is 11.4 Å². The lowest BCUT2D eigenvalue weighted by atomic mass is 10.1. The smallest absolute Gasteiger partial charge is 0.272 e. The highest BCUT2D eigenvalue weighted by Gasteiger charge is 2.18. The first-order chi connectivity index (χ1) is 25.3. The summed E-state index contributed by atoms with van der Waals surface area (Å²) in [6.07, 6.45) is 1.53. The van der Waals surface area contributed by atoms with E-state index < -0.39 is 11.8 Å². The van der Waals surface area contributed by atoms with Crippen molar-refractivity contribution in [2.24, 2.45) is 0 Å². The van der Waals surface area contributed by atoms with Crippen molar-refractivity contribution in [1.82, 2.24) is 9.88 Å². The average Bonchev–Trinajstić information content (AvgIpc) is 3.50. The van der Waals surface area contributed by atoms with Crippen molar-refractivity contribution in [2.45, 2.75) is 18.4 Å². The molecule has 3 N–H and O–H groups in total. The number of nitrogens with zero attached hydrogens (tertiary/aromatic N) is 1. The van der Waals surface area contributed by atoms with Crippen LogP contribution >= 0.6 is 11.8 Å². The lowest BCUT2D eigenvalue weighted by Gasteiger charge is -2.15. The van der Waals surface area contributed by atoms with Gasteiger partial charge in [-0.1, -0.05) is 36.4 Å². The summed E-state index contributed by atoms with van der Waals surface area (Å²) in [5.41, 5.74) is 4.46. The maximum absolute atomic E-state index is 13.6. The lowest BCUT2D eigenvalue weighted by Crippen LogP contribution is -2.30. The minimum absolute atomic E-state index is 0.00399. The van der Waals surface area contributed by atoms with Crippen molar-refractivity contribution in [3.63, 3.8) is 0 Å². The highest BCUT2D eigenvalue weighted by Crippen LogP contribution is 2.39. The summed E-state index contributed by atoms with van der Waals surface area (Å²) in [5.74, 6) is 0.263. The van der Waals surface area contributed by atoms with Gasteiger partial charge < -0.3 is 34.7 Å². The third-order valence-corrected chi connectivity index (χ3v) is 9.39. The molecule has 1 heterocycles. The molecule has 0 fully saturated rings. The standard InChI is InChI=1S/C41H38N4O6S/c1-5-45-34-14-10-9-13-31(34)32-24-29(17-20-35(32)45)42-38(46)25-52-30-18-15-28(16-19-30)43-41(48)33(44-40(47)27-11-7-6-8-12-27)21-26-22-36(49-2)39(51-4)37(23-26)50-3/h6-24H,5,25H2,1-4H3,(H,42,46)(H,43,48)(H,44,47)/b33-21-. The maximum Gasteiger partial charge on any atom is 0.272 e. The monoisotopic (exact) mass is 714 g/mol. The van der Waals surface area contributed by atoms with Crippen molar-refractivity contribution >= 4 is 68.7 Å². The molecule has 0 aliphatic carbocycles. The number of aryl methyl sites for hydroxylation is 1. The second kappa shape index (κ2) is 16.2. The number of thioether (sulfide) groups is 1. The Bertz CT molecular complexity index is 2260. The van der Waals surface area contributed by atoms with Crippen molar-refractivity contribution in [3.8, 4) is 17.2 Å². The number of fused-ring (bicyclic) bond motifs is 3. The Morgan fingerprint density at radius 3 is 2.04 bits per heavy atom. The predicted molar refractivity (Wildman–Crippen MR) is 208 cm³/mol. The zero-order valence-corrected chi connectivity index (χ0v) is 30.0. The minimum atomic E-state index is -0.545. The van der Waals surface area contributed by atoms with Crippen LogP contribution in [0.1, 0.15) is 22.8 Å². The molecular formula is C41H38N4O6S. The molecule has 264 valence electrons. The van der Waals surface area contributed by atoms with Gasteiger partial charge in [-0.2, -0.15) is 0 Å². The van der Waals surface area contributed by atoms with Crippen LogP contribution < -0.4 is 30.2 Å². The van der Waals surface area contributed by atoms with Gasteiger partial charge in [-0.25, -0.2) is 0 Å². The van der Waals surface area contributed by atoms with Crippen LogP contribution in [-0.4, -0.2) is 49.4 Å². The zero-order valence-electron chi connectivity index (χ0n) is 29.2. The van der Waals surface area contributed by atoms with Crippen molar-refractivity contribution in [2.75, 3.05) is 37.7 Å². The molecule has 3 amide bonds. The van der Waals surface area contributed by atoms with Crippen LogP contribution in [0.2, 0.25) is 0 Å². The van der Waals surface area contributed by atoms with Gasteiger partial charge in [-0.15, -0.1) is 11.8 Å². The number of hydrogen-bond acceptors (Lipinski definition) is 7. The molecule has 11 heteroatoms. The number of para-hydroxylation sites is 1. The Kier molecular flexibility index (Phi) is 11.1. The summed E-state index contributed by atoms with van der Waals surface area (Å²) < 4.78 is 18.6. The van der Waals surface area contributed by atoms with Gasteiger partial charge in [-0.3, -0.25) is 14.4 Å². The number of anilines is 2.